The molecule has 4 rings (SSSR count). The quantitative estimate of drug-likeness (QED) is 0.646. The van der Waals surface area contributed by atoms with E-state index in [0.717, 1.165) is 29.3 Å². The van der Waals surface area contributed by atoms with E-state index in [2.05, 4.69) is 9.71 Å². The van der Waals surface area contributed by atoms with Gasteiger partial charge in [0.2, 0.25) is 10.0 Å². The van der Waals surface area contributed by atoms with Gasteiger partial charge in [-0.2, -0.15) is 0 Å². The van der Waals surface area contributed by atoms with Gasteiger partial charge in [0.05, 0.1) is 16.0 Å². The van der Waals surface area contributed by atoms with Crippen molar-refractivity contribution in [1.29, 1.82) is 0 Å². The summed E-state index contributed by atoms with van der Waals surface area (Å²) in [6.07, 6.45) is 3.39. The molecule has 1 saturated carbocycles. The Balaban J connectivity index is 1.55. The normalized spacial score (nSPS) is 14.2. The molecule has 0 unspecified atom stereocenters. The van der Waals surface area contributed by atoms with Crippen molar-refractivity contribution in [2.45, 2.75) is 37.3 Å². The Morgan fingerprint density at radius 3 is 2.75 bits per heavy atom. The first-order valence-electron chi connectivity index (χ1n) is 9.07. The van der Waals surface area contributed by atoms with E-state index in [-0.39, 0.29) is 23.1 Å². The fraction of sp³-hybridized carbons (Fsp3) is 0.238. The third kappa shape index (κ3) is 3.90. The van der Waals surface area contributed by atoms with E-state index in [0.29, 0.717) is 5.56 Å². The van der Waals surface area contributed by atoms with Crippen LogP contribution in [0.15, 0.2) is 59.6 Å². The van der Waals surface area contributed by atoms with Gasteiger partial charge >= 0.3 is 5.97 Å². The van der Waals surface area contributed by atoms with Gasteiger partial charge in [0.1, 0.15) is 6.61 Å². The molecular formula is C21H20N2O4S. The second-order valence-corrected chi connectivity index (χ2v) is 8.65. The molecule has 2 aromatic carbocycles. The SMILES string of the molecule is Cc1ccc(S(=O)(=O)NC2CC2)cc1C(=O)OCc1cccc2cccnc12. The second-order valence-electron chi connectivity index (χ2n) is 6.94. The zero-order valence-electron chi connectivity index (χ0n) is 15.4. The molecule has 0 atom stereocenters. The predicted molar refractivity (Wildman–Crippen MR) is 105 cm³/mol. The lowest BCUT2D eigenvalue weighted by atomic mass is 10.1. The highest BCUT2D eigenvalue weighted by Crippen LogP contribution is 2.24. The van der Waals surface area contributed by atoms with Crippen LogP contribution in [0, 0.1) is 6.92 Å². The number of esters is 1. The van der Waals surface area contributed by atoms with Gasteiger partial charge in [-0.3, -0.25) is 4.98 Å². The Kier molecular flexibility index (Phi) is 4.87. The lowest BCUT2D eigenvalue weighted by molar-refractivity contribution is 0.0473. The highest BCUT2D eigenvalue weighted by atomic mass is 32.2. The Morgan fingerprint density at radius 2 is 1.96 bits per heavy atom. The van der Waals surface area contributed by atoms with Crippen LogP contribution in [-0.2, 0) is 21.4 Å². The van der Waals surface area contributed by atoms with Crippen LogP contribution in [0.3, 0.4) is 0 Å². The number of pyridine rings is 1. The van der Waals surface area contributed by atoms with E-state index < -0.39 is 16.0 Å². The van der Waals surface area contributed by atoms with Crippen molar-refractivity contribution in [2.75, 3.05) is 0 Å². The van der Waals surface area contributed by atoms with Crippen LogP contribution in [0.5, 0.6) is 0 Å². The first-order valence-corrected chi connectivity index (χ1v) is 10.5. The molecular weight excluding hydrogens is 376 g/mol. The van der Waals surface area contributed by atoms with Crippen LogP contribution < -0.4 is 4.72 Å². The van der Waals surface area contributed by atoms with Crippen molar-refractivity contribution in [3.05, 3.63) is 71.4 Å². The standard InChI is InChI=1S/C21H20N2O4S/c1-14-7-10-18(28(25,26)23-17-8-9-17)12-19(14)21(24)27-13-16-5-2-4-15-6-3-11-22-20(15)16/h2-7,10-12,17,23H,8-9,13H2,1H3. The first kappa shape index (κ1) is 18.6. The molecule has 1 aromatic heterocycles. The van der Waals surface area contributed by atoms with Gasteiger partial charge < -0.3 is 4.74 Å². The summed E-state index contributed by atoms with van der Waals surface area (Å²) >= 11 is 0. The number of fused-ring (bicyclic) bond motifs is 1. The lowest BCUT2D eigenvalue weighted by Crippen LogP contribution is -2.26. The average Bonchev–Trinajstić information content (AvgIpc) is 3.49. The largest absolute Gasteiger partial charge is 0.457 e. The molecule has 3 aromatic rings. The van der Waals surface area contributed by atoms with Crippen molar-refractivity contribution in [2.24, 2.45) is 0 Å². The molecule has 1 N–H and O–H groups in total. The molecule has 7 heteroatoms. The number of hydrogen-bond acceptors (Lipinski definition) is 5. The van der Waals surface area contributed by atoms with Gasteiger partial charge in [0.15, 0.2) is 0 Å². The third-order valence-corrected chi connectivity index (χ3v) is 6.23. The summed E-state index contributed by atoms with van der Waals surface area (Å²) in [7, 11) is -3.63. The molecule has 1 fully saturated rings. The van der Waals surface area contributed by atoms with E-state index in [1.807, 2.05) is 30.3 Å². The first-order chi connectivity index (χ1) is 13.4. The summed E-state index contributed by atoms with van der Waals surface area (Å²) in [6.45, 7) is 1.81. The maximum Gasteiger partial charge on any atom is 0.338 e. The van der Waals surface area contributed by atoms with E-state index in [9.17, 15) is 13.2 Å². The van der Waals surface area contributed by atoms with Crippen molar-refractivity contribution >= 4 is 26.9 Å². The summed E-state index contributed by atoms with van der Waals surface area (Å²) in [5.74, 6) is -0.561. The number of hydrogen-bond donors (Lipinski definition) is 1. The molecule has 1 aliphatic rings. The van der Waals surface area contributed by atoms with Gasteiger partial charge in [-0.05, 0) is 43.5 Å². The predicted octanol–water partition coefficient (Wildman–Crippen LogP) is 3.34. The Labute approximate surface area is 163 Å². The van der Waals surface area contributed by atoms with Gasteiger partial charge in [-0.15, -0.1) is 0 Å². The zero-order valence-corrected chi connectivity index (χ0v) is 16.2. The molecule has 6 nitrogen and oxygen atoms in total. The number of sulfonamides is 1. The van der Waals surface area contributed by atoms with Crippen LogP contribution in [0.25, 0.3) is 10.9 Å². The molecule has 0 saturated heterocycles. The fourth-order valence-corrected chi connectivity index (χ4v) is 4.31. The summed E-state index contributed by atoms with van der Waals surface area (Å²) in [4.78, 5) is 17.1. The van der Waals surface area contributed by atoms with Crippen molar-refractivity contribution in [1.82, 2.24) is 9.71 Å². The van der Waals surface area contributed by atoms with Gasteiger partial charge in [0, 0.05) is 23.2 Å². The van der Waals surface area contributed by atoms with Gasteiger partial charge in [-0.1, -0.05) is 30.3 Å². The minimum atomic E-state index is -3.63. The molecule has 0 bridgehead atoms. The van der Waals surface area contributed by atoms with Crippen molar-refractivity contribution in [3.63, 3.8) is 0 Å². The lowest BCUT2D eigenvalue weighted by Gasteiger charge is -2.11. The third-order valence-electron chi connectivity index (χ3n) is 4.71. The highest BCUT2D eigenvalue weighted by Gasteiger charge is 2.28. The van der Waals surface area contributed by atoms with E-state index in [1.54, 1.807) is 19.2 Å². The molecule has 0 spiro atoms. The maximum absolute atomic E-state index is 12.6. The van der Waals surface area contributed by atoms with Crippen LogP contribution >= 0.6 is 0 Å². The molecule has 144 valence electrons. The monoisotopic (exact) mass is 396 g/mol. The molecule has 0 aliphatic heterocycles. The number of nitrogens with zero attached hydrogens (tertiary/aromatic N) is 1. The number of carbonyl (C=O) groups is 1. The minimum absolute atomic E-state index is 0.000524. The Morgan fingerprint density at radius 1 is 1.18 bits per heavy atom. The van der Waals surface area contributed by atoms with Crippen LogP contribution in [0.1, 0.15) is 34.3 Å². The minimum Gasteiger partial charge on any atom is -0.457 e. The smallest absolute Gasteiger partial charge is 0.338 e. The molecule has 1 heterocycles. The number of aromatic nitrogens is 1. The number of para-hydroxylation sites is 1. The van der Waals surface area contributed by atoms with Crippen LogP contribution in [-0.4, -0.2) is 25.4 Å². The topological polar surface area (TPSA) is 85.4 Å². The second kappa shape index (κ2) is 7.33. The fourth-order valence-electron chi connectivity index (χ4n) is 2.98. The number of ether oxygens (including phenoxy) is 1. The highest BCUT2D eigenvalue weighted by molar-refractivity contribution is 7.89. The van der Waals surface area contributed by atoms with E-state index in [4.69, 9.17) is 4.74 Å². The number of aryl methyl sites for hydroxylation is 1. The number of rotatable bonds is 6. The Hall–Kier alpha value is -2.77. The van der Waals surface area contributed by atoms with Crippen LogP contribution in [0.2, 0.25) is 0 Å². The van der Waals surface area contributed by atoms with Crippen molar-refractivity contribution in [3.8, 4) is 0 Å². The van der Waals surface area contributed by atoms with E-state index >= 15 is 0 Å². The maximum atomic E-state index is 12.6. The summed E-state index contributed by atoms with van der Waals surface area (Å²) in [5.41, 5.74) is 2.47. The van der Waals surface area contributed by atoms with Gasteiger partial charge in [0.25, 0.3) is 0 Å². The molecule has 1 aliphatic carbocycles. The van der Waals surface area contributed by atoms with E-state index in [1.165, 1.54) is 12.1 Å². The number of carbonyl (C=O) groups excluding carboxylic acids is 1. The zero-order chi connectivity index (χ0) is 19.7. The number of nitrogens with one attached hydrogen (secondary N) is 1. The summed E-state index contributed by atoms with van der Waals surface area (Å²) in [5, 5.41) is 0.964. The number of benzene rings is 2. The molecule has 0 radical (unpaired) electrons. The van der Waals surface area contributed by atoms with Gasteiger partial charge in [-0.25, -0.2) is 17.9 Å². The van der Waals surface area contributed by atoms with Crippen LogP contribution in [0.4, 0.5) is 0 Å². The summed E-state index contributed by atoms with van der Waals surface area (Å²) < 4.78 is 32.9. The molecule has 0 amide bonds. The van der Waals surface area contributed by atoms with Crippen molar-refractivity contribution < 1.29 is 17.9 Å². The molecule has 28 heavy (non-hydrogen) atoms. The summed E-state index contributed by atoms with van der Waals surface area (Å²) in [6, 6.07) is 14.0. The average molecular weight is 396 g/mol. The Bertz CT molecular complexity index is 1150.